The number of carbonyl (C=O) groups is 2. The third kappa shape index (κ3) is 5.39. The molecule has 8 heteroatoms. The molecule has 1 fully saturated rings. The molecule has 4 rings (SSSR count). The molecule has 3 aromatic rings. The number of nitrogens with zero attached hydrogens (tertiary/aromatic N) is 2. The molecule has 0 spiro atoms. The van der Waals surface area contributed by atoms with E-state index in [4.69, 9.17) is 4.52 Å². The van der Waals surface area contributed by atoms with E-state index in [1.165, 1.54) is 37.1 Å². The Hall–Kier alpha value is -3.68. The molecule has 0 bridgehead atoms. The van der Waals surface area contributed by atoms with E-state index in [0.717, 1.165) is 24.5 Å². The first kappa shape index (κ1) is 22.5. The number of halogens is 1. The normalized spacial score (nSPS) is 14.2. The van der Waals surface area contributed by atoms with Gasteiger partial charge in [0.15, 0.2) is 0 Å². The monoisotopic (exact) mass is 450 g/mol. The van der Waals surface area contributed by atoms with Gasteiger partial charge in [-0.15, -0.1) is 0 Å². The first-order valence-electron chi connectivity index (χ1n) is 11.1. The van der Waals surface area contributed by atoms with Gasteiger partial charge in [-0.05, 0) is 69.2 Å². The fraction of sp³-hybridized carbons (Fsp3) is 0.320. The van der Waals surface area contributed by atoms with E-state index in [9.17, 15) is 14.0 Å². The highest BCUT2D eigenvalue weighted by Crippen LogP contribution is 2.26. The largest absolute Gasteiger partial charge is 0.371 e. The Morgan fingerprint density at radius 2 is 1.88 bits per heavy atom. The molecule has 0 aliphatic carbocycles. The highest BCUT2D eigenvalue weighted by atomic mass is 19.1. The standard InChI is InChI=1S/C25H27FN4O3/c1-16(14-22(31)28-20-6-5-7-21(15-20)30-12-3-4-13-30)27-25(32)23-17(2)33-29-24(23)18-8-10-19(26)11-9-18/h5-11,15-16H,3-4,12-14H2,1-2H3,(H,27,32)(H,28,31). The minimum absolute atomic E-state index is 0.107. The first-order valence-corrected chi connectivity index (χ1v) is 11.1. The number of aryl methyl sites for hydroxylation is 1. The Kier molecular flexibility index (Phi) is 6.72. The maximum Gasteiger partial charge on any atom is 0.257 e. The molecule has 33 heavy (non-hydrogen) atoms. The summed E-state index contributed by atoms with van der Waals surface area (Å²) in [5, 5.41) is 9.71. The second-order valence-corrected chi connectivity index (χ2v) is 8.34. The van der Waals surface area contributed by atoms with Crippen LogP contribution in [0.1, 0.15) is 42.3 Å². The molecule has 1 aliphatic heterocycles. The third-order valence-corrected chi connectivity index (χ3v) is 5.68. The zero-order valence-corrected chi connectivity index (χ0v) is 18.7. The lowest BCUT2D eigenvalue weighted by molar-refractivity contribution is -0.116. The fourth-order valence-corrected chi connectivity index (χ4v) is 4.04. The second kappa shape index (κ2) is 9.85. The fourth-order valence-electron chi connectivity index (χ4n) is 4.04. The van der Waals surface area contributed by atoms with Crippen molar-refractivity contribution in [1.29, 1.82) is 0 Å². The van der Waals surface area contributed by atoms with E-state index < -0.39 is 11.9 Å². The molecular weight excluding hydrogens is 423 g/mol. The Balaban J connectivity index is 1.37. The highest BCUT2D eigenvalue weighted by Gasteiger charge is 2.23. The summed E-state index contributed by atoms with van der Waals surface area (Å²) in [5.41, 5.74) is 3.01. The van der Waals surface area contributed by atoms with E-state index in [-0.39, 0.29) is 23.7 Å². The molecule has 2 amide bonds. The maximum atomic E-state index is 13.3. The maximum absolute atomic E-state index is 13.3. The lowest BCUT2D eigenvalue weighted by Crippen LogP contribution is -2.35. The molecule has 1 atom stereocenters. The summed E-state index contributed by atoms with van der Waals surface area (Å²) in [6, 6.07) is 13.1. The van der Waals surface area contributed by atoms with E-state index in [2.05, 4.69) is 20.7 Å². The summed E-state index contributed by atoms with van der Waals surface area (Å²) in [7, 11) is 0. The van der Waals surface area contributed by atoms with Crippen LogP contribution in [0.3, 0.4) is 0 Å². The van der Waals surface area contributed by atoms with Gasteiger partial charge < -0.3 is 20.1 Å². The number of nitrogens with one attached hydrogen (secondary N) is 2. The average molecular weight is 451 g/mol. The molecule has 1 saturated heterocycles. The zero-order chi connectivity index (χ0) is 23.4. The Morgan fingerprint density at radius 1 is 1.15 bits per heavy atom. The molecule has 2 N–H and O–H groups in total. The van der Waals surface area contributed by atoms with Crippen LogP contribution in [-0.2, 0) is 4.79 Å². The van der Waals surface area contributed by atoms with Crippen molar-refractivity contribution in [2.24, 2.45) is 0 Å². The van der Waals surface area contributed by atoms with Crippen molar-refractivity contribution >= 4 is 23.2 Å². The number of aromatic nitrogens is 1. The van der Waals surface area contributed by atoms with E-state index in [1.807, 2.05) is 24.3 Å². The quantitative estimate of drug-likeness (QED) is 0.552. The lowest BCUT2D eigenvalue weighted by atomic mass is 10.0. The number of anilines is 2. The third-order valence-electron chi connectivity index (χ3n) is 5.68. The van der Waals surface area contributed by atoms with Gasteiger partial charge in [0.2, 0.25) is 5.91 Å². The molecule has 1 unspecified atom stereocenters. The smallest absolute Gasteiger partial charge is 0.257 e. The summed E-state index contributed by atoms with van der Waals surface area (Å²) in [4.78, 5) is 27.8. The lowest BCUT2D eigenvalue weighted by Gasteiger charge is -2.19. The number of rotatable bonds is 7. The molecule has 2 heterocycles. The highest BCUT2D eigenvalue weighted by molar-refractivity contribution is 6.01. The average Bonchev–Trinajstić information content (AvgIpc) is 3.44. The van der Waals surface area contributed by atoms with Crippen LogP contribution in [0.5, 0.6) is 0 Å². The summed E-state index contributed by atoms with van der Waals surface area (Å²) in [6.07, 6.45) is 2.47. The summed E-state index contributed by atoms with van der Waals surface area (Å²) < 4.78 is 18.5. The van der Waals surface area contributed by atoms with Crippen LogP contribution in [0.25, 0.3) is 11.3 Å². The van der Waals surface area contributed by atoms with Gasteiger partial charge in [-0.25, -0.2) is 4.39 Å². The van der Waals surface area contributed by atoms with Gasteiger partial charge in [0.25, 0.3) is 5.91 Å². The Morgan fingerprint density at radius 3 is 2.61 bits per heavy atom. The van der Waals surface area contributed by atoms with E-state index in [1.54, 1.807) is 13.8 Å². The number of benzene rings is 2. The van der Waals surface area contributed by atoms with Crippen molar-refractivity contribution in [1.82, 2.24) is 10.5 Å². The van der Waals surface area contributed by atoms with Crippen LogP contribution in [0.4, 0.5) is 15.8 Å². The predicted molar refractivity (Wildman–Crippen MR) is 125 cm³/mol. The van der Waals surface area contributed by atoms with Crippen molar-refractivity contribution < 1.29 is 18.5 Å². The Bertz CT molecular complexity index is 1140. The summed E-state index contributed by atoms with van der Waals surface area (Å²) in [5.74, 6) is -0.621. The van der Waals surface area contributed by atoms with Crippen molar-refractivity contribution in [3.05, 3.63) is 65.7 Å². The molecule has 7 nitrogen and oxygen atoms in total. The molecule has 2 aromatic carbocycles. The molecule has 0 radical (unpaired) electrons. The zero-order valence-electron chi connectivity index (χ0n) is 18.7. The van der Waals surface area contributed by atoms with Crippen LogP contribution >= 0.6 is 0 Å². The van der Waals surface area contributed by atoms with Gasteiger partial charge in [0.05, 0.1) is 0 Å². The van der Waals surface area contributed by atoms with Crippen LogP contribution in [0.2, 0.25) is 0 Å². The number of amides is 2. The van der Waals surface area contributed by atoms with Gasteiger partial charge in [-0.2, -0.15) is 0 Å². The number of carbonyl (C=O) groups excluding carboxylic acids is 2. The van der Waals surface area contributed by atoms with Gasteiger partial charge in [0.1, 0.15) is 22.8 Å². The first-order chi connectivity index (χ1) is 15.9. The SMILES string of the molecule is Cc1onc(-c2ccc(F)cc2)c1C(=O)NC(C)CC(=O)Nc1cccc(N2CCCC2)c1. The van der Waals surface area contributed by atoms with Crippen LogP contribution in [-0.4, -0.2) is 36.1 Å². The van der Waals surface area contributed by atoms with Crippen molar-refractivity contribution in [2.75, 3.05) is 23.3 Å². The predicted octanol–water partition coefficient (Wildman–Crippen LogP) is 4.54. The van der Waals surface area contributed by atoms with E-state index >= 15 is 0 Å². The van der Waals surface area contributed by atoms with Crippen molar-refractivity contribution in [3.8, 4) is 11.3 Å². The van der Waals surface area contributed by atoms with Gasteiger partial charge >= 0.3 is 0 Å². The van der Waals surface area contributed by atoms with Crippen LogP contribution in [0, 0.1) is 12.7 Å². The Labute approximate surface area is 192 Å². The van der Waals surface area contributed by atoms with Gasteiger partial charge in [-0.3, -0.25) is 9.59 Å². The molecule has 172 valence electrons. The molecule has 0 saturated carbocycles. The molecule has 1 aliphatic rings. The summed E-state index contributed by atoms with van der Waals surface area (Å²) >= 11 is 0. The minimum atomic E-state index is -0.422. The van der Waals surface area contributed by atoms with Crippen molar-refractivity contribution in [2.45, 2.75) is 39.2 Å². The van der Waals surface area contributed by atoms with Gasteiger partial charge in [-0.1, -0.05) is 11.2 Å². The molecular formula is C25H27FN4O3. The number of hydrogen-bond donors (Lipinski definition) is 2. The minimum Gasteiger partial charge on any atom is -0.371 e. The van der Waals surface area contributed by atoms with Crippen LogP contribution in [0.15, 0.2) is 53.1 Å². The number of hydrogen-bond acceptors (Lipinski definition) is 5. The summed E-state index contributed by atoms with van der Waals surface area (Å²) in [6.45, 7) is 5.46. The second-order valence-electron chi connectivity index (χ2n) is 8.34. The molecule has 1 aromatic heterocycles. The van der Waals surface area contributed by atoms with E-state index in [0.29, 0.717) is 17.0 Å². The topological polar surface area (TPSA) is 87.5 Å². The van der Waals surface area contributed by atoms with Crippen molar-refractivity contribution in [3.63, 3.8) is 0 Å². The van der Waals surface area contributed by atoms with Gasteiger partial charge in [0, 0.05) is 42.5 Å². The van der Waals surface area contributed by atoms with Crippen LogP contribution < -0.4 is 15.5 Å².